The minimum Gasteiger partial charge on any atom is -0.293 e. The van der Waals surface area contributed by atoms with Crippen molar-refractivity contribution in [3.05, 3.63) is 83.0 Å². The summed E-state index contributed by atoms with van der Waals surface area (Å²) in [6, 6.07) is 15.6. The maximum Gasteiger partial charge on any atom is 0.278 e. The van der Waals surface area contributed by atoms with Crippen LogP contribution in [0.15, 0.2) is 78.8 Å². The first kappa shape index (κ1) is 18.5. The number of para-hydroxylation sites is 1. The number of hydrogen-bond donors (Lipinski definition) is 0. The van der Waals surface area contributed by atoms with Crippen molar-refractivity contribution in [2.75, 3.05) is 24.7 Å². The predicted molar refractivity (Wildman–Crippen MR) is 116 cm³/mol. The Morgan fingerprint density at radius 2 is 1.69 bits per heavy atom. The molecule has 3 rings (SSSR count). The van der Waals surface area contributed by atoms with Crippen molar-refractivity contribution in [1.82, 2.24) is 4.90 Å². The summed E-state index contributed by atoms with van der Waals surface area (Å²) in [7, 11) is 0. The molecule has 0 atom stereocenters. The molecule has 1 heterocycles. The average molecular weight is 457 g/mol. The zero-order chi connectivity index (χ0) is 18.5. The van der Waals surface area contributed by atoms with E-state index in [4.69, 9.17) is 0 Å². The Balaban J connectivity index is 1.96. The van der Waals surface area contributed by atoms with Crippen molar-refractivity contribution in [2.24, 2.45) is 4.99 Å². The zero-order valence-electron chi connectivity index (χ0n) is 14.4. The van der Waals surface area contributed by atoms with Crippen LogP contribution in [0, 0.1) is 3.57 Å². The Bertz CT molecular complexity index is 848. The standard InChI is InChI=1S/C21H20IN3O/c1-3-13-24(14-4-2)15-25-19-8-6-5-7-18(19)20(21(25)26)23-17-11-9-16(22)10-12-17/h3-12H,1-2,13-15H2. The Morgan fingerprint density at radius 3 is 2.35 bits per heavy atom. The lowest BCUT2D eigenvalue weighted by molar-refractivity contribution is -0.112. The van der Waals surface area contributed by atoms with Crippen molar-refractivity contribution in [3.8, 4) is 0 Å². The van der Waals surface area contributed by atoms with Crippen LogP contribution in [0.25, 0.3) is 0 Å². The second kappa shape index (κ2) is 8.42. The molecule has 1 aliphatic heterocycles. The summed E-state index contributed by atoms with van der Waals surface area (Å²) in [4.78, 5) is 21.6. The van der Waals surface area contributed by atoms with Crippen LogP contribution in [0.4, 0.5) is 11.4 Å². The predicted octanol–water partition coefficient (Wildman–Crippen LogP) is 4.39. The van der Waals surface area contributed by atoms with Crippen LogP contribution >= 0.6 is 22.6 Å². The number of nitrogens with zero attached hydrogens (tertiary/aromatic N) is 3. The third-order valence-corrected chi connectivity index (χ3v) is 4.80. The fourth-order valence-electron chi connectivity index (χ4n) is 2.91. The van der Waals surface area contributed by atoms with Crippen LogP contribution in [0.3, 0.4) is 0 Å². The number of hydrogen-bond acceptors (Lipinski definition) is 3. The summed E-state index contributed by atoms with van der Waals surface area (Å²) < 4.78 is 1.14. The van der Waals surface area contributed by atoms with Crippen molar-refractivity contribution in [2.45, 2.75) is 0 Å². The highest BCUT2D eigenvalue weighted by molar-refractivity contribution is 14.1. The number of anilines is 1. The van der Waals surface area contributed by atoms with Crippen LogP contribution < -0.4 is 4.90 Å². The van der Waals surface area contributed by atoms with Crippen LogP contribution in [0.2, 0.25) is 0 Å². The molecule has 0 bridgehead atoms. The average Bonchev–Trinajstić information content (AvgIpc) is 2.90. The highest BCUT2D eigenvalue weighted by atomic mass is 127. The van der Waals surface area contributed by atoms with Crippen molar-refractivity contribution < 1.29 is 4.79 Å². The molecule has 0 unspecified atom stereocenters. The maximum absolute atomic E-state index is 13.1. The molecule has 2 aromatic rings. The minimum atomic E-state index is -0.0807. The Morgan fingerprint density at radius 1 is 1.04 bits per heavy atom. The molecule has 0 spiro atoms. The van der Waals surface area contributed by atoms with Gasteiger partial charge in [-0.1, -0.05) is 30.4 Å². The third kappa shape index (κ3) is 3.94. The molecule has 0 fully saturated rings. The Hall–Kier alpha value is -2.25. The number of halogens is 1. The highest BCUT2D eigenvalue weighted by Gasteiger charge is 2.34. The van der Waals surface area contributed by atoms with Gasteiger partial charge in [-0.2, -0.15) is 0 Å². The highest BCUT2D eigenvalue weighted by Crippen LogP contribution is 2.31. The molecule has 26 heavy (non-hydrogen) atoms. The molecule has 1 amide bonds. The zero-order valence-corrected chi connectivity index (χ0v) is 16.6. The van der Waals surface area contributed by atoms with Crippen LogP contribution in [-0.4, -0.2) is 36.3 Å². The molecule has 0 saturated heterocycles. The van der Waals surface area contributed by atoms with Gasteiger partial charge in [0.2, 0.25) is 0 Å². The van der Waals surface area contributed by atoms with E-state index in [0.29, 0.717) is 25.5 Å². The molecule has 0 radical (unpaired) electrons. The van der Waals surface area contributed by atoms with E-state index in [9.17, 15) is 4.79 Å². The topological polar surface area (TPSA) is 35.9 Å². The largest absolute Gasteiger partial charge is 0.293 e. The quantitative estimate of drug-likeness (QED) is 0.457. The molecule has 0 N–H and O–H groups in total. The number of aliphatic imine (C=N–C) groups is 1. The first-order chi connectivity index (χ1) is 12.6. The summed E-state index contributed by atoms with van der Waals surface area (Å²) in [5.74, 6) is -0.0807. The summed E-state index contributed by atoms with van der Waals surface area (Å²) in [6.45, 7) is 9.43. The number of carbonyl (C=O) groups is 1. The van der Waals surface area contributed by atoms with Gasteiger partial charge in [0.25, 0.3) is 5.91 Å². The molecule has 0 saturated carbocycles. The van der Waals surface area contributed by atoms with E-state index in [-0.39, 0.29) is 5.91 Å². The number of carbonyl (C=O) groups excluding carboxylic acids is 1. The molecule has 5 heteroatoms. The summed E-state index contributed by atoms with van der Waals surface area (Å²) in [6.07, 6.45) is 3.66. The van der Waals surface area contributed by atoms with Gasteiger partial charge in [0.05, 0.1) is 18.0 Å². The first-order valence-electron chi connectivity index (χ1n) is 8.33. The molecule has 1 aliphatic rings. The summed E-state index contributed by atoms with van der Waals surface area (Å²) in [5.41, 5.74) is 3.02. The van der Waals surface area contributed by atoms with Gasteiger partial charge in [0, 0.05) is 22.2 Å². The third-order valence-electron chi connectivity index (χ3n) is 4.08. The lowest BCUT2D eigenvalue weighted by Crippen LogP contribution is -2.41. The van der Waals surface area contributed by atoms with Gasteiger partial charge in [-0.3, -0.25) is 14.6 Å². The second-order valence-electron chi connectivity index (χ2n) is 5.94. The molecule has 0 aromatic heterocycles. The SMILES string of the molecule is C=CCN(CC=C)CN1C(=O)C(=Nc2ccc(I)cc2)c2ccccc21. The Kier molecular flexibility index (Phi) is 6.00. The number of benzene rings is 2. The van der Waals surface area contributed by atoms with Gasteiger partial charge in [-0.15, -0.1) is 13.2 Å². The van der Waals surface area contributed by atoms with Gasteiger partial charge in [-0.25, -0.2) is 4.99 Å². The van der Waals surface area contributed by atoms with Crippen molar-refractivity contribution >= 4 is 45.6 Å². The van der Waals surface area contributed by atoms with Crippen LogP contribution in [0.1, 0.15) is 5.56 Å². The van der Waals surface area contributed by atoms with Crippen molar-refractivity contribution in [3.63, 3.8) is 0 Å². The van der Waals surface area contributed by atoms with E-state index in [0.717, 1.165) is 20.5 Å². The van der Waals surface area contributed by atoms with Gasteiger partial charge in [0.15, 0.2) is 0 Å². The lowest BCUT2D eigenvalue weighted by Gasteiger charge is -2.26. The Labute approximate surface area is 167 Å². The van der Waals surface area contributed by atoms with Gasteiger partial charge in [-0.05, 0) is 52.9 Å². The van der Waals surface area contributed by atoms with E-state index in [1.54, 1.807) is 4.90 Å². The molecular formula is C21H20IN3O. The molecular weight excluding hydrogens is 437 g/mol. The van der Waals surface area contributed by atoms with E-state index in [1.165, 1.54) is 0 Å². The number of rotatable bonds is 7. The smallest absolute Gasteiger partial charge is 0.278 e. The van der Waals surface area contributed by atoms with Crippen molar-refractivity contribution in [1.29, 1.82) is 0 Å². The number of amides is 1. The van der Waals surface area contributed by atoms with E-state index >= 15 is 0 Å². The van der Waals surface area contributed by atoms with E-state index < -0.39 is 0 Å². The minimum absolute atomic E-state index is 0.0807. The molecule has 2 aromatic carbocycles. The van der Waals surface area contributed by atoms with E-state index in [1.807, 2.05) is 60.7 Å². The lowest BCUT2D eigenvalue weighted by atomic mass is 10.1. The monoisotopic (exact) mass is 457 g/mol. The van der Waals surface area contributed by atoms with Crippen LogP contribution in [0.5, 0.6) is 0 Å². The first-order valence-corrected chi connectivity index (χ1v) is 9.41. The maximum atomic E-state index is 13.1. The van der Waals surface area contributed by atoms with Gasteiger partial charge >= 0.3 is 0 Å². The fourth-order valence-corrected chi connectivity index (χ4v) is 3.27. The number of fused-ring (bicyclic) bond motifs is 1. The second-order valence-corrected chi connectivity index (χ2v) is 7.19. The molecule has 4 nitrogen and oxygen atoms in total. The molecule has 0 aliphatic carbocycles. The summed E-state index contributed by atoms with van der Waals surface area (Å²) in [5, 5.41) is 0. The summed E-state index contributed by atoms with van der Waals surface area (Å²) >= 11 is 2.25. The van der Waals surface area contributed by atoms with Crippen LogP contribution in [-0.2, 0) is 4.79 Å². The normalized spacial score (nSPS) is 14.8. The van der Waals surface area contributed by atoms with Gasteiger partial charge in [0.1, 0.15) is 5.71 Å². The molecule has 132 valence electrons. The fraction of sp³-hybridized carbons (Fsp3) is 0.143. The van der Waals surface area contributed by atoms with Gasteiger partial charge < -0.3 is 0 Å². The van der Waals surface area contributed by atoms with E-state index in [2.05, 4.69) is 45.6 Å².